The van der Waals surface area contributed by atoms with Crippen LogP contribution in [0.15, 0.2) is 52.7 Å². The number of aryl methyl sites for hydroxylation is 2. The highest BCUT2D eigenvalue weighted by Gasteiger charge is 2.12. The van der Waals surface area contributed by atoms with Crippen LogP contribution in [-0.4, -0.2) is 14.7 Å². The molecule has 2 rings (SSSR count). The molecule has 0 aliphatic rings. The summed E-state index contributed by atoms with van der Waals surface area (Å²) in [4.78, 5) is 0. The summed E-state index contributed by atoms with van der Waals surface area (Å²) in [5, 5.41) is 2.05. The van der Waals surface area contributed by atoms with E-state index in [1.54, 1.807) is 0 Å². The largest absolute Gasteiger partial charge is 0.249 e. The van der Waals surface area contributed by atoms with E-state index in [4.69, 9.17) is 0 Å². The van der Waals surface area contributed by atoms with Gasteiger partial charge in [0.1, 0.15) is 0 Å². The topological polar surface area (TPSA) is 46.5 Å². The minimum atomic E-state index is -3.38. The first-order valence-electron chi connectivity index (χ1n) is 6.30. The lowest BCUT2D eigenvalue weighted by atomic mass is 10.2. The van der Waals surface area contributed by atoms with Gasteiger partial charge in [0.15, 0.2) is 0 Å². The minimum absolute atomic E-state index is 1.03. The average Bonchev–Trinajstić information content (AvgIpc) is 2.37. The number of hydrogen-bond acceptors (Lipinski definition) is 2. The summed E-state index contributed by atoms with van der Waals surface area (Å²) in [5.74, 6) is 0. The maximum atomic E-state index is 11.7. The third-order valence-electron chi connectivity index (χ3n) is 3.06. The quantitative estimate of drug-likeness (QED) is 0.818. The summed E-state index contributed by atoms with van der Waals surface area (Å²) in [7, 11) is -5.06. The Morgan fingerprint density at radius 1 is 0.850 bits per heavy atom. The van der Waals surface area contributed by atoms with Crippen LogP contribution in [0.3, 0.4) is 0 Å². The molecule has 5 heteroatoms. The van der Waals surface area contributed by atoms with Gasteiger partial charge in [-0.15, -0.1) is 0 Å². The second-order valence-electron chi connectivity index (χ2n) is 4.80. The van der Waals surface area contributed by atoms with Crippen LogP contribution in [0.2, 0.25) is 0 Å². The van der Waals surface area contributed by atoms with Crippen LogP contribution in [-0.2, 0) is 10.0 Å². The van der Waals surface area contributed by atoms with Gasteiger partial charge >= 0.3 is 0 Å². The monoisotopic (exact) mass is 307 g/mol. The highest BCUT2D eigenvalue weighted by atomic mass is 32.2. The molecule has 0 amide bonds. The predicted molar refractivity (Wildman–Crippen MR) is 87.2 cm³/mol. The number of hydrogen-bond donors (Lipinski definition) is 0. The molecule has 0 aromatic heterocycles. The van der Waals surface area contributed by atoms with E-state index in [9.17, 15) is 8.42 Å². The SMILES string of the molecule is Cc1ccccc1[PH](=NS(C)(=O)=O)c1ccccc1C. The molecule has 20 heavy (non-hydrogen) atoms. The van der Waals surface area contributed by atoms with Crippen molar-refractivity contribution in [3.8, 4) is 0 Å². The zero-order chi connectivity index (χ0) is 14.8. The van der Waals surface area contributed by atoms with Crippen molar-refractivity contribution in [3.05, 3.63) is 59.7 Å². The van der Waals surface area contributed by atoms with E-state index in [2.05, 4.69) is 4.15 Å². The van der Waals surface area contributed by atoms with E-state index >= 15 is 0 Å². The van der Waals surface area contributed by atoms with Crippen LogP contribution >= 0.6 is 7.71 Å². The van der Waals surface area contributed by atoms with Crippen LogP contribution < -0.4 is 10.6 Å². The van der Waals surface area contributed by atoms with Gasteiger partial charge < -0.3 is 0 Å². The van der Waals surface area contributed by atoms with Gasteiger partial charge in [-0.2, -0.15) is 4.15 Å². The molecule has 0 spiro atoms. The molecule has 0 N–H and O–H groups in total. The average molecular weight is 307 g/mol. The maximum absolute atomic E-state index is 11.7. The summed E-state index contributed by atoms with van der Waals surface area (Å²) in [6, 6.07) is 15.7. The standard InChI is InChI=1S/C15H18NO2PS/c1-12-8-4-6-10-14(12)19(16-20(3,17)18)15-11-7-5-9-13(15)2/h4-11,19H,1-3H3. The van der Waals surface area contributed by atoms with Gasteiger partial charge in [-0.25, -0.2) is 8.42 Å². The number of sulfonamides is 1. The van der Waals surface area contributed by atoms with Crippen molar-refractivity contribution in [1.29, 1.82) is 0 Å². The van der Waals surface area contributed by atoms with Gasteiger partial charge in [0.05, 0.1) is 6.26 Å². The molecule has 0 aliphatic carbocycles. The van der Waals surface area contributed by atoms with Crippen LogP contribution in [0.1, 0.15) is 11.1 Å². The summed E-state index contributed by atoms with van der Waals surface area (Å²) in [6.07, 6.45) is 1.16. The molecule has 106 valence electrons. The van der Waals surface area contributed by atoms with Crippen molar-refractivity contribution in [1.82, 2.24) is 0 Å². The van der Waals surface area contributed by atoms with E-state index in [1.807, 2.05) is 62.4 Å². The first kappa shape index (κ1) is 15.0. The van der Waals surface area contributed by atoms with Crippen LogP contribution in [0.5, 0.6) is 0 Å². The van der Waals surface area contributed by atoms with E-state index in [1.165, 1.54) is 0 Å². The predicted octanol–water partition coefficient (Wildman–Crippen LogP) is 2.61. The lowest BCUT2D eigenvalue weighted by molar-refractivity contribution is 0.604. The van der Waals surface area contributed by atoms with Crippen molar-refractivity contribution >= 4 is 28.3 Å². The van der Waals surface area contributed by atoms with Crippen LogP contribution in [0, 0.1) is 13.8 Å². The molecule has 0 radical (unpaired) electrons. The van der Waals surface area contributed by atoms with Crippen molar-refractivity contribution in [2.24, 2.45) is 4.15 Å². The minimum Gasteiger partial charge on any atom is -0.205 e. The van der Waals surface area contributed by atoms with Gasteiger partial charge in [-0.1, -0.05) is 48.5 Å². The molecule has 0 bridgehead atoms. The van der Waals surface area contributed by atoms with E-state index < -0.39 is 17.7 Å². The fraction of sp³-hybridized carbons (Fsp3) is 0.200. The zero-order valence-corrected chi connectivity index (χ0v) is 13.6. The Bertz CT molecular complexity index is 719. The van der Waals surface area contributed by atoms with E-state index in [-0.39, 0.29) is 0 Å². The normalized spacial score (nSPS) is 11.6. The van der Waals surface area contributed by atoms with Gasteiger partial charge in [0.2, 0.25) is 10.0 Å². The molecule has 0 saturated heterocycles. The highest BCUT2D eigenvalue weighted by Crippen LogP contribution is 2.29. The molecule has 0 aliphatic heterocycles. The fourth-order valence-corrected chi connectivity index (χ4v) is 5.91. The Labute approximate surface area is 121 Å². The molecule has 2 aromatic carbocycles. The summed E-state index contributed by atoms with van der Waals surface area (Å²) >= 11 is 0. The Hall–Kier alpha value is -1.38. The van der Waals surface area contributed by atoms with Gasteiger partial charge in [0, 0.05) is 7.71 Å². The molecular weight excluding hydrogens is 289 g/mol. The molecule has 0 saturated carbocycles. The van der Waals surface area contributed by atoms with Gasteiger partial charge in [-0.05, 0) is 35.6 Å². The summed E-state index contributed by atoms with van der Waals surface area (Å²) in [5.41, 5.74) is 2.16. The third kappa shape index (κ3) is 3.59. The van der Waals surface area contributed by atoms with Crippen LogP contribution in [0.4, 0.5) is 0 Å². The molecule has 3 nitrogen and oxygen atoms in total. The Balaban J connectivity index is 2.74. The number of nitrogens with zero attached hydrogens (tertiary/aromatic N) is 1. The second-order valence-corrected chi connectivity index (χ2v) is 8.77. The second kappa shape index (κ2) is 5.94. The van der Waals surface area contributed by atoms with Crippen molar-refractivity contribution < 1.29 is 8.42 Å². The van der Waals surface area contributed by atoms with Crippen molar-refractivity contribution in [2.75, 3.05) is 6.26 Å². The Morgan fingerprint density at radius 2 is 1.25 bits per heavy atom. The zero-order valence-electron chi connectivity index (χ0n) is 11.8. The number of benzene rings is 2. The Kier molecular flexibility index (Phi) is 4.46. The van der Waals surface area contributed by atoms with E-state index in [0.29, 0.717) is 0 Å². The summed E-state index contributed by atoms with van der Waals surface area (Å²) < 4.78 is 27.5. The molecule has 0 unspecified atom stereocenters. The van der Waals surface area contributed by atoms with Gasteiger partial charge in [0.25, 0.3) is 0 Å². The first-order chi connectivity index (χ1) is 9.38. The van der Waals surface area contributed by atoms with E-state index in [0.717, 1.165) is 28.0 Å². The van der Waals surface area contributed by atoms with Crippen LogP contribution in [0.25, 0.3) is 0 Å². The number of rotatable bonds is 3. The Morgan fingerprint density at radius 3 is 1.60 bits per heavy atom. The third-order valence-corrected chi connectivity index (χ3v) is 7.26. The molecule has 0 heterocycles. The lowest BCUT2D eigenvalue weighted by Gasteiger charge is -2.13. The molecule has 0 fully saturated rings. The fourth-order valence-electron chi connectivity index (χ4n) is 2.09. The van der Waals surface area contributed by atoms with Gasteiger partial charge in [-0.3, -0.25) is 0 Å². The summed E-state index contributed by atoms with van der Waals surface area (Å²) in [6.45, 7) is 3.99. The molecular formula is C15H18NO2PS. The lowest BCUT2D eigenvalue weighted by Crippen LogP contribution is -2.13. The smallest absolute Gasteiger partial charge is 0.205 e. The van der Waals surface area contributed by atoms with Crippen molar-refractivity contribution in [2.45, 2.75) is 13.8 Å². The first-order valence-corrected chi connectivity index (χ1v) is 9.60. The van der Waals surface area contributed by atoms with Crippen molar-refractivity contribution in [3.63, 3.8) is 0 Å². The molecule has 2 aromatic rings. The highest BCUT2D eigenvalue weighted by molar-refractivity contribution is 7.93. The molecule has 0 atom stereocenters. The maximum Gasteiger partial charge on any atom is 0.249 e.